The summed E-state index contributed by atoms with van der Waals surface area (Å²) in [6.45, 7) is 6.17. The Balaban J connectivity index is 2.78. The lowest BCUT2D eigenvalue weighted by molar-refractivity contribution is 0.482. The van der Waals surface area contributed by atoms with Crippen molar-refractivity contribution in [3.8, 4) is 0 Å². The molecule has 1 aromatic heterocycles. The molecule has 0 spiro atoms. The molecule has 3 nitrogen and oxygen atoms in total. The summed E-state index contributed by atoms with van der Waals surface area (Å²) in [7, 11) is 0. The van der Waals surface area contributed by atoms with E-state index in [0.29, 0.717) is 5.88 Å². The summed E-state index contributed by atoms with van der Waals surface area (Å²) in [6.07, 6.45) is 1.95. The van der Waals surface area contributed by atoms with Crippen LogP contribution in [0.25, 0.3) is 0 Å². The molecule has 1 N–H and O–H groups in total. The second-order valence-electron chi connectivity index (χ2n) is 3.81. The zero-order valence-electron chi connectivity index (χ0n) is 9.55. The van der Waals surface area contributed by atoms with Crippen molar-refractivity contribution < 1.29 is 0 Å². The Kier molecular flexibility index (Phi) is 4.33. The van der Waals surface area contributed by atoms with Crippen LogP contribution in [0.4, 0.5) is 5.82 Å². The molecule has 15 heavy (non-hydrogen) atoms. The third kappa shape index (κ3) is 3.06. The summed E-state index contributed by atoms with van der Waals surface area (Å²) < 4.78 is 0. The van der Waals surface area contributed by atoms with Crippen LogP contribution in [0.15, 0.2) is 12.1 Å². The summed E-state index contributed by atoms with van der Waals surface area (Å²) >= 11 is 6.00. The van der Waals surface area contributed by atoms with Crippen molar-refractivity contribution >= 4 is 17.4 Å². The summed E-state index contributed by atoms with van der Waals surface area (Å²) in [5, 5.41) is 11.5. The van der Waals surface area contributed by atoms with Crippen molar-refractivity contribution in [2.24, 2.45) is 0 Å². The molecule has 4 heteroatoms. The average molecular weight is 228 g/mol. The Morgan fingerprint density at radius 1 is 1.27 bits per heavy atom. The van der Waals surface area contributed by atoms with Crippen LogP contribution in [0, 0.1) is 6.92 Å². The Labute approximate surface area is 96.2 Å². The molecule has 0 bridgehead atoms. The number of aryl methyl sites for hydroxylation is 1. The fourth-order valence-electron chi connectivity index (χ4n) is 1.39. The molecule has 1 rings (SSSR count). The van der Waals surface area contributed by atoms with Gasteiger partial charge in [0.1, 0.15) is 5.82 Å². The van der Waals surface area contributed by atoms with Crippen molar-refractivity contribution in [3.05, 3.63) is 17.8 Å². The summed E-state index contributed by atoms with van der Waals surface area (Å²) in [4.78, 5) is 0. The first kappa shape index (κ1) is 12.2. The molecule has 84 valence electrons. The predicted octanol–water partition coefficient (Wildman–Crippen LogP) is 2.99. The van der Waals surface area contributed by atoms with E-state index >= 15 is 0 Å². The van der Waals surface area contributed by atoms with E-state index in [-0.39, 0.29) is 5.54 Å². The second-order valence-corrected chi connectivity index (χ2v) is 4.07. The maximum absolute atomic E-state index is 6.00. The Hall–Kier alpha value is -0.830. The number of hydrogen-bond acceptors (Lipinski definition) is 3. The molecule has 0 aliphatic heterocycles. The van der Waals surface area contributed by atoms with Gasteiger partial charge in [-0.15, -0.1) is 16.7 Å². The summed E-state index contributed by atoms with van der Waals surface area (Å²) in [5.41, 5.74) is 0.857. The highest BCUT2D eigenvalue weighted by atomic mass is 35.5. The molecular formula is C11H18ClN3. The average Bonchev–Trinajstić information content (AvgIpc) is 2.29. The first-order chi connectivity index (χ1) is 7.15. The lowest BCUT2D eigenvalue weighted by Gasteiger charge is -2.30. The van der Waals surface area contributed by atoms with Gasteiger partial charge in [-0.25, -0.2) is 0 Å². The molecule has 0 aliphatic rings. The van der Waals surface area contributed by atoms with Crippen molar-refractivity contribution in [2.75, 3.05) is 11.2 Å². The zero-order valence-corrected chi connectivity index (χ0v) is 10.3. The highest BCUT2D eigenvalue weighted by molar-refractivity contribution is 6.18. The molecule has 0 aromatic carbocycles. The van der Waals surface area contributed by atoms with Crippen LogP contribution >= 0.6 is 11.6 Å². The smallest absolute Gasteiger partial charge is 0.149 e. The predicted molar refractivity (Wildman–Crippen MR) is 64.4 cm³/mol. The van der Waals surface area contributed by atoms with E-state index in [9.17, 15) is 0 Å². The van der Waals surface area contributed by atoms with Crippen LogP contribution in [0.3, 0.4) is 0 Å². The van der Waals surface area contributed by atoms with Gasteiger partial charge in [-0.05, 0) is 31.9 Å². The number of anilines is 1. The molecule has 0 fully saturated rings. The zero-order chi connectivity index (χ0) is 11.3. The van der Waals surface area contributed by atoms with Gasteiger partial charge < -0.3 is 5.32 Å². The topological polar surface area (TPSA) is 37.8 Å². The van der Waals surface area contributed by atoms with E-state index in [1.807, 2.05) is 19.1 Å². The molecule has 0 amide bonds. The van der Waals surface area contributed by atoms with Crippen molar-refractivity contribution in [2.45, 2.75) is 39.2 Å². The number of nitrogens with zero attached hydrogens (tertiary/aromatic N) is 2. The Morgan fingerprint density at radius 2 is 1.93 bits per heavy atom. The number of aromatic nitrogens is 2. The van der Waals surface area contributed by atoms with Gasteiger partial charge in [0.25, 0.3) is 0 Å². The van der Waals surface area contributed by atoms with Gasteiger partial charge in [-0.1, -0.05) is 13.8 Å². The largest absolute Gasteiger partial charge is 0.362 e. The molecular weight excluding hydrogens is 210 g/mol. The van der Waals surface area contributed by atoms with Crippen LogP contribution < -0.4 is 5.32 Å². The lowest BCUT2D eigenvalue weighted by Crippen LogP contribution is -2.39. The van der Waals surface area contributed by atoms with E-state index in [2.05, 4.69) is 29.4 Å². The standard InChI is InChI=1S/C11H18ClN3/c1-4-11(5-2,8-12)13-10-7-6-9(3)14-15-10/h6-7H,4-5,8H2,1-3H3,(H,13,15). The first-order valence-electron chi connectivity index (χ1n) is 5.30. The maximum Gasteiger partial charge on any atom is 0.149 e. The quantitative estimate of drug-likeness (QED) is 0.786. The number of halogens is 1. The fraction of sp³-hybridized carbons (Fsp3) is 0.636. The van der Waals surface area contributed by atoms with Crippen LogP contribution in [-0.4, -0.2) is 21.6 Å². The number of rotatable bonds is 5. The molecule has 1 aromatic rings. The lowest BCUT2D eigenvalue weighted by atomic mass is 9.95. The van der Waals surface area contributed by atoms with E-state index in [4.69, 9.17) is 11.6 Å². The summed E-state index contributed by atoms with van der Waals surface area (Å²) in [5.74, 6) is 1.38. The van der Waals surface area contributed by atoms with E-state index in [0.717, 1.165) is 24.4 Å². The number of alkyl halides is 1. The highest BCUT2D eigenvalue weighted by Crippen LogP contribution is 2.22. The highest BCUT2D eigenvalue weighted by Gasteiger charge is 2.24. The van der Waals surface area contributed by atoms with Gasteiger partial charge in [0.2, 0.25) is 0 Å². The third-order valence-electron chi connectivity index (χ3n) is 2.80. The van der Waals surface area contributed by atoms with E-state index in [1.54, 1.807) is 0 Å². The molecule has 0 saturated heterocycles. The molecule has 0 saturated carbocycles. The SMILES string of the molecule is CCC(CC)(CCl)Nc1ccc(C)nn1. The molecule has 0 unspecified atom stereocenters. The fourth-order valence-corrected chi connectivity index (χ4v) is 1.83. The van der Waals surface area contributed by atoms with Crippen molar-refractivity contribution in [1.29, 1.82) is 0 Å². The van der Waals surface area contributed by atoms with E-state index < -0.39 is 0 Å². The Morgan fingerprint density at radius 3 is 2.33 bits per heavy atom. The second kappa shape index (κ2) is 5.31. The maximum atomic E-state index is 6.00. The van der Waals surface area contributed by atoms with Gasteiger partial charge in [-0.3, -0.25) is 0 Å². The van der Waals surface area contributed by atoms with Crippen LogP contribution in [0.5, 0.6) is 0 Å². The van der Waals surface area contributed by atoms with E-state index in [1.165, 1.54) is 0 Å². The molecule has 0 aliphatic carbocycles. The minimum absolute atomic E-state index is 0.0640. The van der Waals surface area contributed by atoms with Crippen LogP contribution in [0.2, 0.25) is 0 Å². The summed E-state index contributed by atoms with van der Waals surface area (Å²) in [6, 6.07) is 3.88. The van der Waals surface area contributed by atoms with Crippen LogP contribution in [0.1, 0.15) is 32.4 Å². The van der Waals surface area contributed by atoms with Crippen molar-refractivity contribution in [1.82, 2.24) is 10.2 Å². The number of hydrogen-bond donors (Lipinski definition) is 1. The monoisotopic (exact) mass is 227 g/mol. The molecule has 1 heterocycles. The van der Waals surface area contributed by atoms with Gasteiger partial charge >= 0.3 is 0 Å². The van der Waals surface area contributed by atoms with Crippen molar-refractivity contribution in [3.63, 3.8) is 0 Å². The Bertz CT molecular complexity index is 285. The number of nitrogens with one attached hydrogen (secondary N) is 1. The van der Waals surface area contributed by atoms with Crippen LogP contribution in [-0.2, 0) is 0 Å². The molecule has 0 radical (unpaired) electrons. The minimum atomic E-state index is -0.0640. The van der Waals surface area contributed by atoms with Gasteiger partial charge in [-0.2, -0.15) is 5.10 Å². The third-order valence-corrected chi connectivity index (χ3v) is 3.31. The van der Waals surface area contributed by atoms with Gasteiger partial charge in [0.05, 0.1) is 11.2 Å². The normalized spacial score (nSPS) is 11.5. The van der Waals surface area contributed by atoms with Gasteiger partial charge in [0.15, 0.2) is 0 Å². The first-order valence-corrected chi connectivity index (χ1v) is 5.83. The van der Waals surface area contributed by atoms with Gasteiger partial charge in [0, 0.05) is 5.88 Å². The molecule has 0 atom stereocenters. The minimum Gasteiger partial charge on any atom is -0.362 e.